The van der Waals surface area contributed by atoms with Crippen molar-refractivity contribution in [3.63, 3.8) is 0 Å². The molecule has 0 spiro atoms. The summed E-state index contributed by atoms with van der Waals surface area (Å²) in [5.74, 6) is -0.194. The highest BCUT2D eigenvalue weighted by Gasteiger charge is 2.26. The second-order valence-corrected chi connectivity index (χ2v) is 7.12. The van der Waals surface area contributed by atoms with Gasteiger partial charge in [-0.1, -0.05) is 40.2 Å². The number of hydrogen-bond acceptors (Lipinski definition) is 6. The lowest BCUT2D eigenvalue weighted by Gasteiger charge is -1.96. The van der Waals surface area contributed by atoms with E-state index in [1.807, 2.05) is 17.5 Å². The molecule has 0 saturated carbocycles. The lowest BCUT2D eigenvalue weighted by molar-refractivity contribution is -0.741. The number of nitrogens with one attached hydrogen (secondary N) is 1. The van der Waals surface area contributed by atoms with E-state index in [1.165, 1.54) is 27.8 Å². The fraction of sp³-hybridized carbons (Fsp3) is 0.143. The number of benzene rings is 1. The molecule has 2 aromatic heterocycles. The van der Waals surface area contributed by atoms with Gasteiger partial charge in [-0.15, -0.1) is 11.3 Å². The maximum absolute atomic E-state index is 12.1. The first kappa shape index (κ1) is 16.0. The van der Waals surface area contributed by atoms with Gasteiger partial charge >= 0.3 is 11.3 Å². The summed E-state index contributed by atoms with van der Waals surface area (Å²) in [4.78, 5) is 28.0. The third-order valence-electron chi connectivity index (χ3n) is 3.02. The maximum Gasteiger partial charge on any atom is 0.438 e. The molecule has 118 valence electrons. The number of carbonyl (C=O) groups excluding carboxylic acids is 1. The number of thioether (sulfide) groups is 1. The van der Waals surface area contributed by atoms with Gasteiger partial charge in [-0.2, -0.15) is 0 Å². The van der Waals surface area contributed by atoms with Crippen LogP contribution in [0.2, 0.25) is 5.02 Å². The lowest BCUT2D eigenvalue weighted by atomic mass is 10.2. The fourth-order valence-electron chi connectivity index (χ4n) is 1.91. The Balaban J connectivity index is 1.69. The van der Waals surface area contributed by atoms with Crippen molar-refractivity contribution in [1.29, 1.82) is 0 Å². The zero-order valence-corrected chi connectivity index (χ0v) is 14.3. The van der Waals surface area contributed by atoms with Crippen molar-refractivity contribution in [2.24, 2.45) is 7.05 Å². The summed E-state index contributed by atoms with van der Waals surface area (Å²) in [6.07, 6.45) is 0. The van der Waals surface area contributed by atoms with Crippen LogP contribution in [0, 0.1) is 0 Å². The van der Waals surface area contributed by atoms with Crippen LogP contribution < -0.4 is 10.3 Å². The number of H-pyrrole nitrogens is 1. The Hall–Kier alpha value is -1.90. The summed E-state index contributed by atoms with van der Waals surface area (Å²) in [6, 6.07) is 7.39. The molecular weight excluding hydrogens is 358 g/mol. The maximum atomic E-state index is 12.1. The van der Waals surface area contributed by atoms with Gasteiger partial charge in [0.15, 0.2) is 11.4 Å². The van der Waals surface area contributed by atoms with Gasteiger partial charge in [-0.05, 0) is 17.4 Å². The van der Waals surface area contributed by atoms with E-state index in [0.29, 0.717) is 5.02 Å². The molecule has 1 N–H and O–H groups in total. The Bertz CT molecular complexity index is 899. The minimum atomic E-state index is -0.668. The van der Waals surface area contributed by atoms with Crippen molar-refractivity contribution < 1.29 is 14.0 Å². The number of halogens is 1. The Kier molecular flexibility index (Phi) is 4.65. The highest BCUT2D eigenvalue weighted by molar-refractivity contribution is 8.01. The van der Waals surface area contributed by atoms with Gasteiger partial charge in [0.2, 0.25) is 5.78 Å². The van der Waals surface area contributed by atoms with Crippen molar-refractivity contribution in [1.82, 2.24) is 10.3 Å². The van der Waals surface area contributed by atoms with Gasteiger partial charge in [0, 0.05) is 16.0 Å². The number of hydrogen-bond donors (Lipinski definition) is 1. The van der Waals surface area contributed by atoms with Gasteiger partial charge < -0.3 is 0 Å². The summed E-state index contributed by atoms with van der Waals surface area (Å²) >= 11 is 8.60. The number of aromatic nitrogens is 3. The Labute approximate surface area is 144 Å². The highest BCUT2D eigenvalue weighted by atomic mass is 35.5. The van der Waals surface area contributed by atoms with E-state index in [1.54, 1.807) is 19.2 Å². The molecule has 0 bridgehead atoms. The lowest BCUT2D eigenvalue weighted by Crippen LogP contribution is -2.39. The molecular formula is C14H11ClN3O3S2+. The minimum absolute atomic E-state index is 0.00743. The number of rotatable bonds is 5. The largest absolute Gasteiger partial charge is 0.438 e. The molecule has 3 rings (SSSR count). The average molecular weight is 369 g/mol. The normalized spacial score (nSPS) is 10.9. The minimum Gasteiger partial charge on any atom is -0.286 e. The van der Waals surface area contributed by atoms with E-state index in [0.717, 1.165) is 15.6 Å². The van der Waals surface area contributed by atoms with E-state index in [2.05, 4.69) is 14.8 Å². The number of carbonyl (C=O) groups is 1. The molecule has 0 saturated heterocycles. The summed E-state index contributed by atoms with van der Waals surface area (Å²) in [5.41, 5.74) is 1.11. The van der Waals surface area contributed by atoms with Crippen LogP contribution >= 0.6 is 34.7 Å². The van der Waals surface area contributed by atoms with Crippen molar-refractivity contribution in [2.75, 3.05) is 5.75 Å². The number of Topliss-reactive ketones (excluding diaryl/α,β-unsaturated/α-hetero) is 1. The molecule has 0 aliphatic rings. The Morgan fingerprint density at radius 1 is 1.43 bits per heavy atom. The van der Waals surface area contributed by atoms with Crippen LogP contribution in [0.4, 0.5) is 0 Å². The van der Waals surface area contributed by atoms with Crippen LogP contribution in [0.5, 0.6) is 0 Å². The molecule has 0 amide bonds. The molecule has 3 aromatic rings. The quantitative estimate of drug-likeness (QED) is 0.425. The molecule has 2 heterocycles. The van der Waals surface area contributed by atoms with Crippen LogP contribution in [-0.2, 0) is 7.05 Å². The Morgan fingerprint density at radius 3 is 2.83 bits per heavy atom. The Morgan fingerprint density at radius 2 is 2.17 bits per heavy atom. The molecule has 9 heteroatoms. The van der Waals surface area contributed by atoms with E-state index in [4.69, 9.17) is 11.6 Å². The number of thiazole rings is 1. The topological polar surface area (TPSA) is 79.8 Å². The summed E-state index contributed by atoms with van der Waals surface area (Å²) in [7, 11) is 1.55. The molecule has 1 aromatic carbocycles. The second-order valence-electron chi connectivity index (χ2n) is 4.61. The smallest absolute Gasteiger partial charge is 0.286 e. The van der Waals surface area contributed by atoms with E-state index in [9.17, 15) is 9.59 Å². The van der Waals surface area contributed by atoms with Crippen molar-refractivity contribution in [2.45, 2.75) is 4.34 Å². The molecule has 0 unspecified atom stereocenters. The molecule has 0 fully saturated rings. The molecule has 23 heavy (non-hydrogen) atoms. The molecule has 0 radical (unpaired) electrons. The molecule has 0 atom stereocenters. The van der Waals surface area contributed by atoms with Crippen LogP contribution in [0.3, 0.4) is 0 Å². The summed E-state index contributed by atoms with van der Waals surface area (Å²) < 4.78 is 6.59. The van der Waals surface area contributed by atoms with E-state index >= 15 is 0 Å². The van der Waals surface area contributed by atoms with Crippen LogP contribution in [0.15, 0.2) is 43.3 Å². The summed E-state index contributed by atoms with van der Waals surface area (Å²) in [6.45, 7) is 0. The van der Waals surface area contributed by atoms with Gasteiger partial charge in [-0.3, -0.25) is 9.32 Å². The number of nitrogens with zero attached hydrogens (tertiary/aromatic N) is 2. The zero-order valence-electron chi connectivity index (χ0n) is 11.9. The van der Waals surface area contributed by atoms with Crippen LogP contribution in [-0.4, -0.2) is 21.8 Å². The zero-order chi connectivity index (χ0) is 16.4. The third kappa shape index (κ3) is 3.54. The van der Waals surface area contributed by atoms with Gasteiger partial charge in [-0.25, -0.2) is 9.78 Å². The number of aryl methyl sites for hydroxylation is 1. The monoisotopic (exact) mass is 368 g/mol. The number of aromatic amines is 1. The van der Waals surface area contributed by atoms with Crippen molar-refractivity contribution in [3.05, 3.63) is 50.8 Å². The first-order chi connectivity index (χ1) is 11.0. The molecule has 0 aliphatic heterocycles. The van der Waals surface area contributed by atoms with Gasteiger partial charge in [0.05, 0.1) is 11.4 Å². The first-order valence-corrected chi connectivity index (χ1v) is 8.74. The molecule has 6 nitrogen and oxygen atoms in total. The summed E-state index contributed by atoms with van der Waals surface area (Å²) in [5, 5.41) is 4.91. The SMILES string of the molecule is C[n+]1[nH]oc(=O)c1C(=O)CSc1nc(-c2ccc(Cl)cc2)cs1. The first-order valence-electron chi connectivity index (χ1n) is 6.49. The standard InChI is InChI=1S/C14H10ClN3O3S2/c1-18-12(13(20)21-17-18)11(19)7-23-14-16-10(6-22-14)8-2-4-9(15)5-3-8/h2-6H,7H2,1H3/p+1. The number of ketones is 1. The van der Waals surface area contributed by atoms with Gasteiger partial charge in [0.1, 0.15) is 0 Å². The van der Waals surface area contributed by atoms with E-state index in [-0.39, 0.29) is 17.2 Å². The van der Waals surface area contributed by atoms with Crippen LogP contribution in [0.25, 0.3) is 11.3 Å². The predicted molar refractivity (Wildman–Crippen MR) is 88.1 cm³/mol. The van der Waals surface area contributed by atoms with Crippen LogP contribution in [0.1, 0.15) is 10.5 Å². The van der Waals surface area contributed by atoms with Crippen molar-refractivity contribution >= 4 is 40.5 Å². The predicted octanol–water partition coefficient (Wildman–Crippen LogP) is 2.54. The second kappa shape index (κ2) is 6.69. The van der Waals surface area contributed by atoms with Crippen molar-refractivity contribution in [3.8, 4) is 11.3 Å². The van der Waals surface area contributed by atoms with Gasteiger partial charge in [0.25, 0.3) is 0 Å². The molecule has 0 aliphatic carbocycles. The van der Waals surface area contributed by atoms with E-state index < -0.39 is 5.63 Å². The average Bonchev–Trinajstić information content (AvgIpc) is 3.13. The highest BCUT2D eigenvalue weighted by Crippen LogP contribution is 2.29. The third-order valence-corrected chi connectivity index (χ3v) is 5.29. The fourth-order valence-corrected chi connectivity index (χ4v) is 3.74.